The number of carbonyl (C=O) groups excluding carboxylic acids is 2. The Hall–Kier alpha value is -1.43. The Morgan fingerprint density at radius 3 is 2.82 bits per heavy atom. The van der Waals surface area contributed by atoms with Gasteiger partial charge in [-0.25, -0.2) is 4.79 Å². The van der Waals surface area contributed by atoms with Gasteiger partial charge in [-0.05, 0) is 13.0 Å². The summed E-state index contributed by atoms with van der Waals surface area (Å²) in [5.41, 5.74) is 0. The van der Waals surface area contributed by atoms with E-state index >= 15 is 0 Å². The molecule has 1 saturated heterocycles. The number of carbonyl (C=O) groups is 3. The third-order valence-corrected chi connectivity index (χ3v) is 2.85. The van der Waals surface area contributed by atoms with E-state index in [-0.39, 0.29) is 18.2 Å². The summed E-state index contributed by atoms with van der Waals surface area (Å²) in [4.78, 5) is 33.9. The van der Waals surface area contributed by atoms with Gasteiger partial charge < -0.3 is 20.1 Å². The van der Waals surface area contributed by atoms with Gasteiger partial charge in [-0.15, -0.1) is 0 Å². The lowest BCUT2D eigenvalue weighted by atomic mass is 10.0. The lowest BCUT2D eigenvalue weighted by molar-refractivity contribution is -0.160. The van der Waals surface area contributed by atoms with Crippen LogP contribution < -0.4 is 5.32 Å². The van der Waals surface area contributed by atoms with Crippen LogP contribution in [0.1, 0.15) is 26.2 Å². The van der Waals surface area contributed by atoms with Gasteiger partial charge in [0.2, 0.25) is 5.91 Å². The molecule has 96 valence electrons. The third-order valence-electron chi connectivity index (χ3n) is 2.85. The maximum absolute atomic E-state index is 11.6. The van der Waals surface area contributed by atoms with E-state index in [4.69, 9.17) is 5.11 Å². The lowest BCUT2D eigenvalue weighted by Crippen LogP contribution is -2.67. The standard InChI is InChI=1S/C11H18N2O4/c1-2-3-4-5-12-8-6-13(10(8)15)9(7-14)11(16)17/h7-9,12H,2-6H2,1H3,(H,16,17). The van der Waals surface area contributed by atoms with Gasteiger partial charge in [0.1, 0.15) is 6.04 Å². The van der Waals surface area contributed by atoms with Gasteiger partial charge >= 0.3 is 5.97 Å². The monoisotopic (exact) mass is 242 g/mol. The molecule has 1 rings (SSSR count). The number of aliphatic carboxylic acids is 1. The molecule has 2 atom stereocenters. The van der Waals surface area contributed by atoms with E-state index in [9.17, 15) is 14.4 Å². The number of β-lactam (4-membered cyclic amide) rings is 1. The van der Waals surface area contributed by atoms with Crippen molar-refractivity contribution in [1.29, 1.82) is 0 Å². The molecule has 1 aliphatic rings. The van der Waals surface area contributed by atoms with Gasteiger partial charge in [-0.1, -0.05) is 19.8 Å². The minimum Gasteiger partial charge on any atom is -0.479 e. The average molecular weight is 242 g/mol. The Kier molecular flexibility index (Phi) is 5.09. The van der Waals surface area contributed by atoms with E-state index in [1.165, 1.54) is 0 Å². The molecule has 2 unspecified atom stereocenters. The van der Waals surface area contributed by atoms with E-state index in [0.29, 0.717) is 6.54 Å². The number of rotatable bonds is 8. The molecule has 0 saturated carbocycles. The highest BCUT2D eigenvalue weighted by atomic mass is 16.4. The molecule has 6 heteroatoms. The zero-order valence-corrected chi connectivity index (χ0v) is 9.89. The fourth-order valence-electron chi connectivity index (χ4n) is 1.77. The van der Waals surface area contributed by atoms with Crippen molar-refractivity contribution in [3.63, 3.8) is 0 Å². The van der Waals surface area contributed by atoms with Crippen molar-refractivity contribution >= 4 is 18.2 Å². The highest BCUT2D eigenvalue weighted by molar-refractivity contribution is 5.99. The first kappa shape index (κ1) is 13.6. The van der Waals surface area contributed by atoms with E-state index in [2.05, 4.69) is 12.2 Å². The molecule has 1 amide bonds. The van der Waals surface area contributed by atoms with Crippen LogP contribution in [0.3, 0.4) is 0 Å². The van der Waals surface area contributed by atoms with Crippen molar-refractivity contribution in [3.8, 4) is 0 Å². The molecule has 6 nitrogen and oxygen atoms in total. The van der Waals surface area contributed by atoms with Gasteiger partial charge in [0.15, 0.2) is 12.3 Å². The Morgan fingerprint density at radius 2 is 2.35 bits per heavy atom. The van der Waals surface area contributed by atoms with Gasteiger partial charge in [-0.3, -0.25) is 4.79 Å². The van der Waals surface area contributed by atoms with Crippen LogP contribution in [-0.4, -0.2) is 53.3 Å². The number of nitrogens with zero attached hydrogens (tertiary/aromatic N) is 1. The summed E-state index contributed by atoms with van der Waals surface area (Å²) in [6.07, 6.45) is 3.49. The number of hydrogen-bond acceptors (Lipinski definition) is 4. The number of unbranched alkanes of at least 4 members (excludes halogenated alkanes) is 2. The second kappa shape index (κ2) is 6.34. The molecular weight excluding hydrogens is 224 g/mol. The molecule has 0 aromatic rings. The Balaban J connectivity index is 2.31. The van der Waals surface area contributed by atoms with Crippen molar-refractivity contribution in [3.05, 3.63) is 0 Å². The normalized spacial score (nSPS) is 20.9. The zero-order chi connectivity index (χ0) is 12.8. The molecule has 0 aromatic carbocycles. The summed E-state index contributed by atoms with van der Waals surface area (Å²) in [7, 11) is 0. The van der Waals surface area contributed by atoms with Crippen molar-refractivity contribution < 1.29 is 19.5 Å². The SMILES string of the molecule is CCCCCNC1CN(C(C=O)C(=O)O)C1=O. The molecule has 1 heterocycles. The first-order valence-electron chi connectivity index (χ1n) is 5.83. The Labute approximate surface area is 100.0 Å². The largest absolute Gasteiger partial charge is 0.479 e. The third kappa shape index (κ3) is 3.26. The van der Waals surface area contributed by atoms with Crippen molar-refractivity contribution in [2.45, 2.75) is 38.3 Å². The van der Waals surface area contributed by atoms with Gasteiger partial charge in [0, 0.05) is 6.54 Å². The molecule has 0 spiro atoms. The molecule has 1 aliphatic heterocycles. The topological polar surface area (TPSA) is 86.7 Å². The van der Waals surface area contributed by atoms with Crippen LogP contribution in [0.4, 0.5) is 0 Å². The molecule has 1 fully saturated rings. The quantitative estimate of drug-likeness (QED) is 0.262. The van der Waals surface area contributed by atoms with Crippen molar-refractivity contribution in [1.82, 2.24) is 10.2 Å². The average Bonchev–Trinajstić information content (AvgIpc) is 2.30. The van der Waals surface area contributed by atoms with Crippen LogP contribution in [0, 0.1) is 0 Å². The Morgan fingerprint density at radius 1 is 1.65 bits per heavy atom. The van der Waals surface area contributed by atoms with Crippen LogP contribution >= 0.6 is 0 Å². The number of carboxylic acid groups (broad SMARTS) is 1. The molecular formula is C11H18N2O4. The van der Waals surface area contributed by atoms with Crippen LogP contribution in [-0.2, 0) is 14.4 Å². The number of likely N-dealkylation sites (tertiary alicyclic amines) is 1. The number of aldehydes is 1. The van der Waals surface area contributed by atoms with E-state index in [1.54, 1.807) is 0 Å². The first-order chi connectivity index (χ1) is 8.11. The minimum atomic E-state index is -1.34. The van der Waals surface area contributed by atoms with Crippen LogP contribution in [0.15, 0.2) is 0 Å². The number of nitrogens with one attached hydrogen (secondary N) is 1. The molecule has 0 aromatic heterocycles. The number of hydrogen-bond donors (Lipinski definition) is 2. The summed E-state index contributed by atoms with van der Waals surface area (Å²) >= 11 is 0. The Bertz CT molecular complexity index is 306. The number of carboxylic acids is 1. The predicted molar refractivity (Wildman–Crippen MR) is 60.5 cm³/mol. The van der Waals surface area contributed by atoms with Crippen molar-refractivity contribution in [2.24, 2.45) is 0 Å². The second-order valence-corrected chi connectivity index (χ2v) is 4.12. The number of amides is 1. The zero-order valence-electron chi connectivity index (χ0n) is 9.89. The molecule has 0 bridgehead atoms. The van der Waals surface area contributed by atoms with E-state index in [0.717, 1.165) is 30.7 Å². The van der Waals surface area contributed by atoms with Gasteiger partial charge in [0.25, 0.3) is 0 Å². The fourth-order valence-corrected chi connectivity index (χ4v) is 1.77. The lowest BCUT2D eigenvalue weighted by Gasteiger charge is -2.40. The highest BCUT2D eigenvalue weighted by Gasteiger charge is 2.43. The molecule has 17 heavy (non-hydrogen) atoms. The second-order valence-electron chi connectivity index (χ2n) is 4.12. The van der Waals surface area contributed by atoms with Crippen LogP contribution in [0.2, 0.25) is 0 Å². The van der Waals surface area contributed by atoms with Crippen LogP contribution in [0.25, 0.3) is 0 Å². The summed E-state index contributed by atoms with van der Waals surface area (Å²) in [6, 6.07) is -1.66. The van der Waals surface area contributed by atoms with E-state index < -0.39 is 12.0 Å². The summed E-state index contributed by atoms with van der Waals surface area (Å²) in [6.45, 7) is 3.13. The molecule has 0 radical (unpaired) electrons. The maximum Gasteiger partial charge on any atom is 0.333 e. The van der Waals surface area contributed by atoms with E-state index in [1.807, 2.05) is 0 Å². The van der Waals surface area contributed by atoms with Crippen LogP contribution in [0.5, 0.6) is 0 Å². The minimum absolute atomic E-state index is 0.285. The summed E-state index contributed by atoms with van der Waals surface area (Å²) < 4.78 is 0. The summed E-state index contributed by atoms with van der Waals surface area (Å²) in [5, 5.41) is 11.8. The molecule has 2 N–H and O–H groups in total. The first-order valence-corrected chi connectivity index (χ1v) is 5.83. The maximum atomic E-state index is 11.6. The van der Waals surface area contributed by atoms with Gasteiger partial charge in [-0.2, -0.15) is 0 Å². The van der Waals surface area contributed by atoms with Gasteiger partial charge in [0.05, 0.1) is 0 Å². The van der Waals surface area contributed by atoms with Crippen molar-refractivity contribution in [2.75, 3.05) is 13.1 Å². The molecule has 0 aliphatic carbocycles. The predicted octanol–water partition coefficient (Wildman–Crippen LogP) is -0.371. The highest BCUT2D eigenvalue weighted by Crippen LogP contribution is 2.13. The smallest absolute Gasteiger partial charge is 0.333 e. The fraction of sp³-hybridized carbons (Fsp3) is 0.727. The summed E-state index contributed by atoms with van der Waals surface area (Å²) in [5.74, 6) is -1.58.